The highest BCUT2D eigenvalue weighted by atomic mass is 32.2. The summed E-state index contributed by atoms with van der Waals surface area (Å²) in [4.78, 5) is 13.8. The predicted molar refractivity (Wildman–Crippen MR) is 88.0 cm³/mol. The summed E-state index contributed by atoms with van der Waals surface area (Å²) in [7, 11) is 0.320. The van der Waals surface area contributed by atoms with E-state index in [1.807, 2.05) is 50.2 Å². The Morgan fingerprint density at radius 2 is 1.73 bits per heavy atom. The number of sulfonamides is 1. The molecule has 1 aromatic carbocycles. The SMILES string of the molecule is Cc1ccc(CNC(=O)CN(CCN(C)C)S(C)(=O)=O)cc1. The van der Waals surface area contributed by atoms with Gasteiger partial charge in [-0.25, -0.2) is 8.42 Å². The zero-order valence-electron chi connectivity index (χ0n) is 13.7. The van der Waals surface area contributed by atoms with Crippen LogP contribution >= 0.6 is 0 Å². The van der Waals surface area contributed by atoms with Crippen molar-refractivity contribution < 1.29 is 13.2 Å². The number of carbonyl (C=O) groups is 1. The Bertz CT molecular complexity index is 583. The largest absolute Gasteiger partial charge is 0.351 e. The maximum Gasteiger partial charge on any atom is 0.235 e. The number of amides is 1. The zero-order chi connectivity index (χ0) is 16.8. The third kappa shape index (κ3) is 7.02. The van der Waals surface area contributed by atoms with Gasteiger partial charge in [0.25, 0.3) is 0 Å². The second-order valence-electron chi connectivity index (χ2n) is 5.66. The molecule has 0 radical (unpaired) electrons. The molecule has 1 N–H and O–H groups in total. The first kappa shape index (κ1) is 18.6. The number of rotatable bonds is 8. The van der Waals surface area contributed by atoms with E-state index in [-0.39, 0.29) is 12.5 Å². The Labute approximate surface area is 133 Å². The molecule has 0 spiro atoms. The van der Waals surface area contributed by atoms with Gasteiger partial charge in [0.2, 0.25) is 15.9 Å². The van der Waals surface area contributed by atoms with Gasteiger partial charge in [-0.05, 0) is 26.6 Å². The van der Waals surface area contributed by atoms with E-state index in [1.165, 1.54) is 4.31 Å². The molecule has 0 saturated carbocycles. The molecule has 1 amide bonds. The minimum Gasteiger partial charge on any atom is -0.351 e. The fourth-order valence-electron chi connectivity index (χ4n) is 1.80. The molecule has 0 aromatic heterocycles. The van der Waals surface area contributed by atoms with Crippen LogP contribution in [0.15, 0.2) is 24.3 Å². The molecular weight excluding hydrogens is 302 g/mol. The van der Waals surface area contributed by atoms with Gasteiger partial charge in [0.05, 0.1) is 12.8 Å². The summed E-state index contributed by atoms with van der Waals surface area (Å²) in [5.41, 5.74) is 2.14. The van der Waals surface area contributed by atoms with E-state index in [2.05, 4.69) is 5.32 Å². The Kier molecular flexibility index (Phi) is 6.99. The normalized spacial score (nSPS) is 11.9. The van der Waals surface area contributed by atoms with Crippen LogP contribution in [-0.2, 0) is 21.4 Å². The molecule has 0 atom stereocenters. The summed E-state index contributed by atoms with van der Waals surface area (Å²) in [6.45, 7) is 3.10. The van der Waals surface area contributed by atoms with Crippen LogP contribution in [0.4, 0.5) is 0 Å². The van der Waals surface area contributed by atoms with E-state index < -0.39 is 10.0 Å². The molecule has 0 saturated heterocycles. The molecule has 0 aliphatic rings. The minimum atomic E-state index is -3.40. The van der Waals surface area contributed by atoms with Crippen molar-refractivity contribution in [3.8, 4) is 0 Å². The maximum absolute atomic E-state index is 12.0. The highest BCUT2D eigenvalue weighted by Gasteiger charge is 2.19. The quantitative estimate of drug-likeness (QED) is 0.752. The van der Waals surface area contributed by atoms with Crippen molar-refractivity contribution in [2.24, 2.45) is 0 Å². The number of aryl methyl sites for hydroxylation is 1. The highest BCUT2D eigenvalue weighted by Crippen LogP contribution is 2.03. The summed E-state index contributed by atoms with van der Waals surface area (Å²) in [6.07, 6.45) is 1.12. The van der Waals surface area contributed by atoms with Crippen molar-refractivity contribution in [1.29, 1.82) is 0 Å². The van der Waals surface area contributed by atoms with E-state index in [0.29, 0.717) is 19.6 Å². The fraction of sp³-hybridized carbons (Fsp3) is 0.533. The molecule has 0 fully saturated rings. The zero-order valence-corrected chi connectivity index (χ0v) is 14.5. The standard InChI is InChI=1S/C15H25N3O3S/c1-13-5-7-14(8-6-13)11-16-15(19)12-18(22(4,20)21)10-9-17(2)3/h5-8H,9-12H2,1-4H3,(H,16,19). The second kappa shape index (κ2) is 8.26. The van der Waals surface area contributed by atoms with Gasteiger partial charge in [-0.1, -0.05) is 29.8 Å². The smallest absolute Gasteiger partial charge is 0.235 e. The lowest BCUT2D eigenvalue weighted by Gasteiger charge is -2.21. The molecule has 0 bridgehead atoms. The molecule has 0 unspecified atom stereocenters. The van der Waals surface area contributed by atoms with E-state index in [0.717, 1.165) is 17.4 Å². The topological polar surface area (TPSA) is 69.7 Å². The first-order valence-electron chi connectivity index (χ1n) is 7.10. The van der Waals surface area contributed by atoms with Gasteiger partial charge < -0.3 is 10.2 Å². The lowest BCUT2D eigenvalue weighted by Crippen LogP contribution is -2.42. The van der Waals surface area contributed by atoms with Crippen LogP contribution in [0.1, 0.15) is 11.1 Å². The monoisotopic (exact) mass is 327 g/mol. The van der Waals surface area contributed by atoms with Gasteiger partial charge in [0, 0.05) is 19.6 Å². The van der Waals surface area contributed by atoms with Crippen molar-refractivity contribution >= 4 is 15.9 Å². The Hall–Kier alpha value is -1.44. The average Bonchev–Trinajstić information content (AvgIpc) is 2.41. The van der Waals surface area contributed by atoms with Crippen LogP contribution in [0.25, 0.3) is 0 Å². The van der Waals surface area contributed by atoms with Gasteiger partial charge >= 0.3 is 0 Å². The van der Waals surface area contributed by atoms with E-state index in [4.69, 9.17) is 0 Å². The third-order valence-electron chi connectivity index (χ3n) is 3.20. The molecule has 124 valence electrons. The second-order valence-corrected chi connectivity index (χ2v) is 7.64. The van der Waals surface area contributed by atoms with Crippen molar-refractivity contribution in [2.45, 2.75) is 13.5 Å². The number of likely N-dealkylation sites (N-methyl/N-ethyl adjacent to an activating group) is 1. The highest BCUT2D eigenvalue weighted by molar-refractivity contribution is 7.88. The number of benzene rings is 1. The van der Waals surface area contributed by atoms with Crippen LogP contribution in [0.3, 0.4) is 0 Å². The molecular formula is C15H25N3O3S. The van der Waals surface area contributed by atoms with Crippen molar-refractivity contribution in [1.82, 2.24) is 14.5 Å². The fourth-order valence-corrected chi connectivity index (χ4v) is 2.56. The van der Waals surface area contributed by atoms with Gasteiger partial charge in [-0.3, -0.25) is 4.79 Å². The molecule has 0 aliphatic heterocycles. The lowest BCUT2D eigenvalue weighted by atomic mass is 10.1. The molecule has 1 rings (SSSR count). The van der Waals surface area contributed by atoms with Gasteiger partial charge in [-0.15, -0.1) is 0 Å². The number of nitrogens with one attached hydrogen (secondary N) is 1. The summed E-state index contributed by atoms with van der Waals surface area (Å²) >= 11 is 0. The molecule has 0 aliphatic carbocycles. The van der Waals surface area contributed by atoms with E-state index in [1.54, 1.807) is 0 Å². The average molecular weight is 327 g/mol. The van der Waals surface area contributed by atoms with Crippen LogP contribution in [0.2, 0.25) is 0 Å². The maximum atomic E-state index is 12.0. The molecule has 0 heterocycles. The number of hydrogen-bond acceptors (Lipinski definition) is 4. The van der Waals surface area contributed by atoms with E-state index >= 15 is 0 Å². The summed E-state index contributed by atoms with van der Waals surface area (Å²) in [5.74, 6) is -0.301. The van der Waals surface area contributed by atoms with Crippen LogP contribution in [0, 0.1) is 6.92 Å². The lowest BCUT2D eigenvalue weighted by molar-refractivity contribution is -0.121. The van der Waals surface area contributed by atoms with Gasteiger partial charge in [0.15, 0.2) is 0 Å². The van der Waals surface area contributed by atoms with Crippen LogP contribution in [-0.4, -0.2) is 63.5 Å². The van der Waals surface area contributed by atoms with Crippen LogP contribution in [0.5, 0.6) is 0 Å². The van der Waals surface area contributed by atoms with Gasteiger partial charge in [0.1, 0.15) is 0 Å². The van der Waals surface area contributed by atoms with Crippen molar-refractivity contribution in [3.63, 3.8) is 0 Å². The Balaban J connectivity index is 2.54. The summed E-state index contributed by atoms with van der Waals surface area (Å²) in [6, 6.07) is 7.83. The Morgan fingerprint density at radius 3 is 2.23 bits per heavy atom. The number of carbonyl (C=O) groups excluding carboxylic acids is 1. The molecule has 7 heteroatoms. The summed E-state index contributed by atoms with van der Waals surface area (Å²) in [5, 5.41) is 2.75. The third-order valence-corrected chi connectivity index (χ3v) is 4.45. The number of nitrogens with zero attached hydrogens (tertiary/aromatic N) is 2. The Morgan fingerprint density at radius 1 is 1.14 bits per heavy atom. The molecule has 6 nitrogen and oxygen atoms in total. The van der Waals surface area contributed by atoms with Crippen molar-refractivity contribution in [3.05, 3.63) is 35.4 Å². The summed E-state index contributed by atoms with van der Waals surface area (Å²) < 4.78 is 24.6. The molecule has 1 aromatic rings. The first-order valence-corrected chi connectivity index (χ1v) is 8.95. The minimum absolute atomic E-state index is 0.154. The van der Waals surface area contributed by atoms with Crippen LogP contribution < -0.4 is 5.32 Å². The van der Waals surface area contributed by atoms with Crippen molar-refractivity contribution in [2.75, 3.05) is 40.0 Å². The first-order chi connectivity index (χ1) is 10.2. The van der Waals surface area contributed by atoms with Gasteiger partial charge in [-0.2, -0.15) is 4.31 Å². The molecule has 22 heavy (non-hydrogen) atoms. The predicted octanol–water partition coefficient (Wildman–Crippen LogP) is 0.434. The number of hydrogen-bond donors (Lipinski definition) is 1. The van der Waals surface area contributed by atoms with E-state index in [9.17, 15) is 13.2 Å².